The van der Waals surface area contributed by atoms with E-state index in [1.165, 1.54) is 51.4 Å². The summed E-state index contributed by atoms with van der Waals surface area (Å²) in [4.78, 5) is 29.8. The lowest BCUT2D eigenvalue weighted by Crippen LogP contribution is -2.58. The SMILES string of the molecule is C[C@@H]1CC[C@@]2(NC1)O[C@H]1C[C@H]3[C@@H]4CC[C@@H]5C[C@@H](NC(=O)CC(=O)N6CCN(CCO)CC6)CC[C@]5(C)[C@H]4CC[C@]3(C)[C@H]1[C@@H]2C. The molecule has 0 aromatic carbocycles. The van der Waals surface area contributed by atoms with Crippen molar-refractivity contribution in [3.05, 3.63) is 0 Å². The third-order valence-corrected chi connectivity index (χ3v) is 15.0. The van der Waals surface area contributed by atoms with E-state index in [1.54, 1.807) is 0 Å². The van der Waals surface area contributed by atoms with Crippen LogP contribution in [0.5, 0.6) is 0 Å². The van der Waals surface area contributed by atoms with Crippen molar-refractivity contribution in [3.8, 4) is 0 Å². The summed E-state index contributed by atoms with van der Waals surface area (Å²) in [6.07, 6.45) is 12.7. The molecule has 248 valence electrons. The van der Waals surface area contributed by atoms with E-state index in [0.717, 1.165) is 56.1 Å². The van der Waals surface area contributed by atoms with Gasteiger partial charge < -0.3 is 20.1 Å². The molecule has 0 aromatic heterocycles. The highest BCUT2D eigenvalue weighted by Gasteiger charge is 2.68. The maximum atomic E-state index is 13.0. The quantitative estimate of drug-likeness (QED) is 0.407. The summed E-state index contributed by atoms with van der Waals surface area (Å²) in [5.41, 5.74) is 0.674. The zero-order valence-corrected chi connectivity index (χ0v) is 28.0. The lowest BCUT2D eigenvalue weighted by Gasteiger charge is -2.61. The molecule has 7 rings (SSSR count). The summed E-state index contributed by atoms with van der Waals surface area (Å²) in [6, 6.07) is 0.196. The molecular weight excluding hydrogens is 552 g/mol. The third-order valence-electron chi connectivity index (χ3n) is 15.0. The van der Waals surface area contributed by atoms with Gasteiger partial charge in [0.1, 0.15) is 12.1 Å². The Labute approximate surface area is 265 Å². The van der Waals surface area contributed by atoms with Crippen molar-refractivity contribution in [2.75, 3.05) is 45.9 Å². The predicted octanol–water partition coefficient (Wildman–Crippen LogP) is 4.02. The number of aliphatic hydroxyl groups is 1. The van der Waals surface area contributed by atoms with E-state index in [-0.39, 0.29) is 36.6 Å². The van der Waals surface area contributed by atoms with E-state index in [2.05, 4.69) is 43.2 Å². The number of fused-ring (bicyclic) bond motifs is 7. The molecule has 44 heavy (non-hydrogen) atoms. The highest BCUT2D eigenvalue weighted by molar-refractivity contribution is 5.97. The fourth-order valence-corrected chi connectivity index (χ4v) is 12.5. The predicted molar refractivity (Wildman–Crippen MR) is 170 cm³/mol. The van der Waals surface area contributed by atoms with Crippen LogP contribution < -0.4 is 10.6 Å². The van der Waals surface area contributed by atoms with Crippen LogP contribution in [0.25, 0.3) is 0 Å². The van der Waals surface area contributed by atoms with Gasteiger partial charge in [-0.2, -0.15) is 0 Å². The second-order valence-electron chi connectivity index (χ2n) is 17.0. The van der Waals surface area contributed by atoms with Crippen LogP contribution in [0, 0.1) is 52.3 Å². The number of nitrogens with one attached hydrogen (secondary N) is 2. The molecular formula is C36H60N4O4. The fourth-order valence-electron chi connectivity index (χ4n) is 12.5. The Morgan fingerprint density at radius 3 is 2.43 bits per heavy atom. The minimum absolute atomic E-state index is 0.0396. The smallest absolute Gasteiger partial charge is 0.232 e. The average molecular weight is 613 g/mol. The van der Waals surface area contributed by atoms with Gasteiger partial charge in [0.05, 0.1) is 12.7 Å². The molecule has 2 amide bonds. The van der Waals surface area contributed by atoms with Crippen LogP contribution in [0.15, 0.2) is 0 Å². The zero-order chi connectivity index (χ0) is 30.9. The number of hydrogen-bond acceptors (Lipinski definition) is 6. The summed E-state index contributed by atoms with van der Waals surface area (Å²) in [6.45, 7) is 14.8. The van der Waals surface area contributed by atoms with Crippen LogP contribution in [0.1, 0.15) is 98.3 Å². The molecule has 1 spiro atoms. The Hall–Kier alpha value is -1.22. The van der Waals surface area contributed by atoms with Crippen molar-refractivity contribution in [3.63, 3.8) is 0 Å². The first kappa shape index (κ1) is 31.4. The monoisotopic (exact) mass is 612 g/mol. The fraction of sp³-hybridized carbons (Fsp3) is 0.944. The van der Waals surface area contributed by atoms with Gasteiger partial charge in [0.15, 0.2) is 0 Å². The van der Waals surface area contributed by atoms with Gasteiger partial charge in [-0.15, -0.1) is 0 Å². The summed E-state index contributed by atoms with van der Waals surface area (Å²) < 4.78 is 7.09. The number of β-amino-alcohol motifs (C(OH)–C–C–N with tert-alkyl or cyclic N) is 1. The molecule has 7 fully saturated rings. The van der Waals surface area contributed by atoms with Crippen molar-refractivity contribution in [2.45, 2.75) is 116 Å². The number of amides is 2. The highest BCUT2D eigenvalue weighted by atomic mass is 16.5. The Morgan fingerprint density at radius 2 is 1.70 bits per heavy atom. The lowest BCUT2D eigenvalue weighted by molar-refractivity contribution is -0.140. The van der Waals surface area contributed by atoms with Gasteiger partial charge >= 0.3 is 0 Å². The van der Waals surface area contributed by atoms with E-state index in [9.17, 15) is 9.59 Å². The Morgan fingerprint density at radius 1 is 0.932 bits per heavy atom. The van der Waals surface area contributed by atoms with Gasteiger partial charge in [-0.25, -0.2) is 0 Å². The Kier molecular flexibility index (Phi) is 8.41. The van der Waals surface area contributed by atoms with Crippen LogP contribution in [0.4, 0.5) is 0 Å². The van der Waals surface area contributed by atoms with Gasteiger partial charge in [0.2, 0.25) is 11.8 Å². The first-order valence-electron chi connectivity index (χ1n) is 18.4. The standard InChI is InChI=1S/C36H60N4O4/c1-23-7-12-36(37-22-23)24(2)33-30(44-36)20-29-27-6-5-25-19-26(8-10-34(25,3)28(27)9-11-35(29,33)4)38-31(42)21-32(43)40-15-13-39(14-16-40)17-18-41/h23-30,33,37,41H,5-22H2,1-4H3,(H,38,42)/t23-,24+,25-,26+,27-,28+,29+,30+,33+,34+,35+,36-/m1/s1. The molecule has 3 N–H and O–H groups in total. The molecule has 4 aliphatic carbocycles. The molecule has 8 nitrogen and oxygen atoms in total. The topological polar surface area (TPSA) is 94.1 Å². The molecule has 0 aromatic rings. The number of rotatable bonds is 5. The number of aliphatic hydroxyl groups excluding tert-OH is 1. The second kappa shape index (κ2) is 11.8. The number of ether oxygens (including phenoxy) is 1. The molecule has 0 bridgehead atoms. The molecule has 0 radical (unpaired) electrons. The third kappa shape index (κ3) is 5.16. The molecule has 3 heterocycles. The van der Waals surface area contributed by atoms with Crippen LogP contribution in [0.3, 0.4) is 0 Å². The highest BCUT2D eigenvalue weighted by Crippen LogP contribution is 2.71. The van der Waals surface area contributed by atoms with Crippen LogP contribution in [0.2, 0.25) is 0 Å². The number of hydrogen-bond donors (Lipinski definition) is 3. The van der Waals surface area contributed by atoms with Gasteiger partial charge in [-0.3, -0.25) is 19.8 Å². The minimum Gasteiger partial charge on any atom is -0.395 e. The maximum Gasteiger partial charge on any atom is 0.232 e. The normalized spacial score (nSPS) is 48.8. The minimum atomic E-state index is -0.102. The molecule has 8 heteroatoms. The number of piperidine rings is 1. The van der Waals surface area contributed by atoms with Gasteiger partial charge in [0.25, 0.3) is 0 Å². The van der Waals surface area contributed by atoms with E-state index in [4.69, 9.17) is 9.84 Å². The first-order chi connectivity index (χ1) is 21.1. The van der Waals surface area contributed by atoms with Crippen LogP contribution >= 0.6 is 0 Å². The van der Waals surface area contributed by atoms with Crippen LogP contribution in [-0.2, 0) is 14.3 Å². The van der Waals surface area contributed by atoms with Gasteiger partial charge in [0, 0.05) is 51.2 Å². The van der Waals surface area contributed by atoms with Crippen molar-refractivity contribution in [1.82, 2.24) is 20.4 Å². The van der Waals surface area contributed by atoms with Crippen molar-refractivity contribution >= 4 is 11.8 Å². The largest absolute Gasteiger partial charge is 0.395 e. The summed E-state index contributed by atoms with van der Waals surface area (Å²) in [5.74, 6) is 4.90. The van der Waals surface area contributed by atoms with E-state index in [0.29, 0.717) is 54.3 Å². The number of piperazine rings is 1. The average Bonchev–Trinajstić information content (AvgIpc) is 3.45. The summed E-state index contributed by atoms with van der Waals surface area (Å²) in [5, 5.41) is 16.4. The molecule has 0 unspecified atom stereocenters. The number of nitrogens with zero attached hydrogens (tertiary/aromatic N) is 2. The van der Waals surface area contributed by atoms with Gasteiger partial charge in [-0.05, 0) is 111 Å². The maximum absolute atomic E-state index is 13.0. The molecule has 4 saturated carbocycles. The zero-order valence-electron chi connectivity index (χ0n) is 28.0. The van der Waals surface area contributed by atoms with E-state index >= 15 is 0 Å². The van der Waals surface area contributed by atoms with Crippen molar-refractivity contribution in [2.24, 2.45) is 52.3 Å². The Balaban J connectivity index is 0.943. The summed E-state index contributed by atoms with van der Waals surface area (Å²) in [7, 11) is 0. The van der Waals surface area contributed by atoms with Gasteiger partial charge in [-0.1, -0.05) is 27.7 Å². The van der Waals surface area contributed by atoms with Crippen molar-refractivity contribution < 1.29 is 19.4 Å². The molecule has 12 atom stereocenters. The van der Waals surface area contributed by atoms with Crippen molar-refractivity contribution in [1.29, 1.82) is 0 Å². The van der Waals surface area contributed by atoms with E-state index in [1.807, 2.05) is 4.90 Å². The second-order valence-corrected chi connectivity index (χ2v) is 17.0. The summed E-state index contributed by atoms with van der Waals surface area (Å²) >= 11 is 0. The number of carbonyl (C=O) groups excluding carboxylic acids is 2. The molecule has 3 aliphatic heterocycles. The van der Waals surface area contributed by atoms with E-state index < -0.39 is 0 Å². The number of carbonyl (C=O) groups is 2. The first-order valence-corrected chi connectivity index (χ1v) is 18.4. The Bertz CT molecular complexity index is 1090. The lowest BCUT2D eigenvalue weighted by atomic mass is 9.44. The molecule has 7 aliphatic rings. The van der Waals surface area contributed by atoms with Crippen LogP contribution in [-0.4, -0.2) is 90.5 Å². The molecule has 3 saturated heterocycles.